The van der Waals surface area contributed by atoms with Gasteiger partial charge in [0.1, 0.15) is 5.70 Å². The van der Waals surface area contributed by atoms with Crippen LogP contribution in [0.5, 0.6) is 0 Å². The number of hydrogen-bond acceptors (Lipinski definition) is 4. The van der Waals surface area contributed by atoms with Crippen LogP contribution in [-0.2, 0) is 9.53 Å². The molecule has 0 aromatic rings. The summed E-state index contributed by atoms with van der Waals surface area (Å²) in [6.07, 6.45) is 13.5. The third-order valence-electron chi connectivity index (χ3n) is 2.56. The number of nitrogens with one attached hydrogen (secondary N) is 1. The molecule has 0 bridgehead atoms. The highest BCUT2D eigenvalue weighted by Gasteiger charge is 2.21. The van der Waals surface area contributed by atoms with E-state index in [4.69, 9.17) is 4.74 Å². The van der Waals surface area contributed by atoms with Crippen molar-refractivity contribution < 1.29 is 9.53 Å². The Bertz CT molecular complexity index is 496. The van der Waals surface area contributed by atoms with Gasteiger partial charge < -0.3 is 15.0 Å². The first-order valence-corrected chi connectivity index (χ1v) is 5.85. The predicted molar refractivity (Wildman–Crippen MR) is 69.8 cm³/mol. The first-order valence-electron chi connectivity index (χ1n) is 5.85. The summed E-state index contributed by atoms with van der Waals surface area (Å²) in [5, 5.41) is 3.15. The number of rotatable bonds is 3. The van der Waals surface area contributed by atoms with Crippen LogP contribution in [0, 0.1) is 0 Å². The summed E-state index contributed by atoms with van der Waals surface area (Å²) in [4.78, 5) is 13.2. The van der Waals surface area contributed by atoms with Crippen LogP contribution in [0.25, 0.3) is 0 Å². The van der Waals surface area contributed by atoms with Crippen LogP contribution in [0.1, 0.15) is 13.8 Å². The number of allylic oxidation sites excluding steroid dienone is 4. The zero-order valence-corrected chi connectivity index (χ0v) is 10.5. The van der Waals surface area contributed by atoms with E-state index in [1.807, 2.05) is 37.6 Å². The molecule has 4 heteroatoms. The van der Waals surface area contributed by atoms with Gasteiger partial charge in [0.2, 0.25) is 0 Å². The average Bonchev–Trinajstić information content (AvgIpc) is 2.37. The number of carbonyl (C=O) groups is 1. The van der Waals surface area contributed by atoms with Gasteiger partial charge in [-0.25, -0.2) is 0 Å². The first-order chi connectivity index (χ1) is 8.72. The summed E-state index contributed by atoms with van der Waals surface area (Å²) in [5.74, 6) is 0.216. The maximum atomic E-state index is 11.1. The molecule has 2 aliphatic heterocycles. The van der Waals surface area contributed by atoms with E-state index in [1.54, 1.807) is 6.08 Å². The Morgan fingerprint density at radius 2 is 2.39 bits per heavy atom. The Hall–Kier alpha value is -2.23. The first kappa shape index (κ1) is 12.2. The molecule has 18 heavy (non-hydrogen) atoms. The minimum absolute atomic E-state index is 0.324. The molecule has 0 aromatic carbocycles. The number of ether oxygens (including phenoxy) is 1. The van der Waals surface area contributed by atoms with Crippen molar-refractivity contribution in [2.75, 3.05) is 6.54 Å². The van der Waals surface area contributed by atoms with Crippen LogP contribution in [-0.4, -0.2) is 17.4 Å². The lowest BCUT2D eigenvalue weighted by Crippen LogP contribution is -2.28. The van der Waals surface area contributed by atoms with Crippen LogP contribution >= 0.6 is 0 Å². The predicted octanol–water partition coefficient (Wildman–Crippen LogP) is 2.17. The molecule has 2 heterocycles. The lowest BCUT2D eigenvalue weighted by molar-refractivity contribution is -0.136. The number of hydrogen-bond donors (Lipinski definition) is 1. The summed E-state index contributed by atoms with van der Waals surface area (Å²) < 4.78 is 5.22. The largest absolute Gasteiger partial charge is 0.424 e. The third kappa shape index (κ3) is 2.53. The molecular weight excluding hydrogens is 228 g/mol. The molecule has 0 atom stereocenters. The van der Waals surface area contributed by atoms with Crippen molar-refractivity contribution in [3.63, 3.8) is 0 Å². The molecule has 0 aromatic heterocycles. The van der Waals surface area contributed by atoms with Crippen LogP contribution in [0.2, 0.25) is 0 Å². The van der Waals surface area contributed by atoms with E-state index in [0.29, 0.717) is 5.76 Å². The second-order valence-electron chi connectivity index (χ2n) is 3.93. The Balaban J connectivity index is 2.37. The van der Waals surface area contributed by atoms with Gasteiger partial charge in [0.05, 0.1) is 5.70 Å². The van der Waals surface area contributed by atoms with Gasteiger partial charge in [-0.15, -0.1) is 0 Å². The summed E-state index contributed by atoms with van der Waals surface area (Å²) in [5.41, 5.74) is 1.80. The second-order valence-corrected chi connectivity index (χ2v) is 3.93. The van der Waals surface area contributed by atoms with E-state index in [9.17, 15) is 4.79 Å². The number of fused-ring (bicyclic) bond motifs is 1. The smallest absolute Gasteiger partial charge is 0.308 e. The molecule has 0 fully saturated rings. The summed E-state index contributed by atoms with van der Waals surface area (Å²) in [6.45, 7) is 4.14. The van der Waals surface area contributed by atoms with E-state index >= 15 is 0 Å². The maximum Gasteiger partial charge on any atom is 0.308 e. The summed E-state index contributed by atoms with van der Waals surface area (Å²) >= 11 is 0. The van der Waals surface area contributed by atoms with Gasteiger partial charge >= 0.3 is 5.97 Å². The van der Waals surface area contributed by atoms with Gasteiger partial charge in [-0.3, -0.25) is 4.79 Å². The van der Waals surface area contributed by atoms with Crippen molar-refractivity contribution in [3.8, 4) is 0 Å². The van der Waals surface area contributed by atoms with Crippen molar-refractivity contribution in [2.45, 2.75) is 13.8 Å². The monoisotopic (exact) mass is 244 g/mol. The minimum Gasteiger partial charge on any atom is -0.424 e. The minimum atomic E-state index is -0.324. The fourth-order valence-corrected chi connectivity index (χ4v) is 1.81. The lowest BCUT2D eigenvalue weighted by Gasteiger charge is -2.30. The van der Waals surface area contributed by atoms with Gasteiger partial charge in [-0.2, -0.15) is 0 Å². The average molecular weight is 244 g/mol. The molecule has 0 saturated heterocycles. The standard InChI is InChI=1S/C14H16N2O2/c1-3-8-15-14-12-6-4-5-9-16(12)10-7-13(14)18-11(2)17/h3-8,10,15H,9H2,1-2H3. The van der Waals surface area contributed by atoms with Crippen molar-refractivity contribution in [1.29, 1.82) is 0 Å². The van der Waals surface area contributed by atoms with E-state index in [2.05, 4.69) is 16.3 Å². The fraction of sp³-hybridized carbons (Fsp3) is 0.214. The topological polar surface area (TPSA) is 41.6 Å². The quantitative estimate of drug-likeness (QED) is 0.772. The van der Waals surface area contributed by atoms with Crippen LogP contribution in [0.3, 0.4) is 0 Å². The Morgan fingerprint density at radius 1 is 1.56 bits per heavy atom. The third-order valence-corrected chi connectivity index (χ3v) is 2.56. The van der Waals surface area contributed by atoms with E-state index in [0.717, 1.165) is 17.9 Å². The van der Waals surface area contributed by atoms with Gasteiger partial charge in [0.15, 0.2) is 5.76 Å². The van der Waals surface area contributed by atoms with Crippen LogP contribution < -0.4 is 5.32 Å². The lowest BCUT2D eigenvalue weighted by atomic mass is 10.1. The molecule has 2 aliphatic rings. The molecule has 4 nitrogen and oxygen atoms in total. The van der Waals surface area contributed by atoms with Crippen LogP contribution in [0.4, 0.5) is 0 Å². The highest BCUT2D eigenvalue weighted by molar-refractivity contribution is 5.68. The van der Waals surface area contributed by atoms with Gasteiger partial charge in [-0.05, 0) is 25.3 Å². The molecule has 0 amide bonds. The molecule has 0 radical (unpaired) electrons. The van der Waals surface area contributed by atoms with Crippen molar-refractivity contribution in [2.24, 2.45) is 0 Å². The van der Waals surface area contributed by atoms with Gasteiger partial charge in [-0.1, -0.05) is 18.2 Å². The van der Waals surface area contributed by atoms with E-state index in [-0.39, 0.29) is 5.97 Å². The van der Waals surface area contributed by atoms with Crippen molar-refractivity contribution in [3.05, 3.63) is 59.9 Å². The molecule has 0 aliphatic carbocycles. The Kier molecular flexibility index (Phi) is 3.67. The SMILES string of the molecule is CC=CNC1=C(OC(C)=O)C=CN2CC=CC=C12. The molecular formula is C14H16N2O2. The Labute approximate surface area is 107 Å². The van der Waals surface area contributed by atoms with Crippen molar-refractivity contribution >= 4 is 5.97 Å². The van der Waals surface area contributed by atoms with E-state index < -0.39 is 0 Å². The fourth-order valence-electron chi connectivity index (χ4n) is 1.81. The molecule has 0 unspecified atom stereocenters. The maximum absolute atomic E-state index is 11.1. The van der Waals surface area contributed by atoms with Crippen molar-refractivity contribution in [1.82, 2.24) is 10.2 Å². The second kappa shape index (κ2) is 5.40. The normalized spacial score (nSPS) is 17.9. The number of nitrogens with zero attached hydrogens (tertiary/aromatic N) is 1. The van der Waals surface area contributed by atoms with Gasteiger partial charge in [0.25, 0.3) is 0 Å². The van der Waals surface area contributed by atoms with Crippen LogP contribution in [0.15, 0.2) is 59.9 Å². The molecule has 94 valence electrons. The molecule has 0 saturated carbocycles. The molecule has 0 spiro atoms. The Morgan fingerprint density at radius 3 is 3.11 bits per heavy atom. The zero-order valence-electron chi connectivity index (χ0n) is 10.5. The highest BCUT2D eigenvalue weighted by atomic mass is 16.5. The molecule has 1 N–H and O–H groups in total. The zero-order chi connectivity index (χ0) is 13.0. The number of carbonyl (C=O) groups excluding carboxylic acids is 1. The van der Waals surface area contributed by atoms with Gasteiger partial charge in [0, 0.05) is 19.7 Å². The van der Waals surface area contributed by atoms with E-state index in [1.165, 1.54) is 6.92 Å². The molecule has 2 rings (SSSR count). The summed E-state index contributed by atoms with van der Waals surface area (Å²) in [6, 6.07) is 0. The highest BCUT2D eigenvalue weighted by Crippen LogP contribution is 2.26. The summed E-state index contributed by atoms with van der Waals surface area (Å²) in [7, 11) is 0. The number of esters is 1.